The second kappa shape index (κ2) is 22.5. The molecule has 10 nitrogen and oxygen atoms in total. The molecule has 4 aliphatic heterocycles. The summed E-state index contributed by atoms with van der Waals surface area (Å²) in [6.45, 7) is 12.1. The lowest BCUT2D eigenvalue weighted by Crippen LogP contribution is -2.55. The summed E-state index contributed by atoms with van der Waals surface area (Å²) < 4.78 is 39.0. The first kappa shape index (κ1) is 49.9. The van der Waals surface area contributed by atoms with Crippen LogP contribution in [0, 0.1) is 32.9 Å². The van der Waals surface area contributed by atoms with Crippen LogP contribution in [0.25, 0.3) is 22.5 Å². The molecule has 0 atom stereocenters. The maximum atomic E-state index is 13.4. The van der Waals surface area contributed by atoms with E-state index in [0.29, 0.717) is 46.2 Å². The number of ether oxygens (including phenoxy) is 2. The van der Waals surface area contributed by atoms with Gasteiger partial charge in [-0.25, -0.2) is 8.78 Å². The number of amides is 2. The number of aromatic nitrogens is 2. The standard InChI is InChI=1S/C29H33FN3O2.C28H30FN3O2.CH3/c1-21-19-23(29(34)32-15-13-25(14-16-32)33(2)17-3-4-18-33)20-28(31-21)22-5-9-26(10-6-22)35-27-11-7-24(30)8-12-27;1-20-18-22(28(33)32-16-12-24(13-17-32)31-14-2-3-15-31)19-27(30-20)21-4-8-25(9-5-21)34-26-10-6-23(29)7-11-26;/h5-12,19-20,25H,3-4,13-18H2,1-2H3;4-11,18-19,24H,2-3,12-17H2,1H3;1H3/q+1;;-1. The molecule has 4 saturated heterocycles. The van der Waals surface area contributed by atoms with Crippen LogP contribution in [-0.4, -0.2) is 112 Å². The molecule has 4 aromatic carbocycles. The highest BCUT2D eigenvalue weighted by molar-refractivity contribution is 5.96. The van der Waals surface area contributed by atoms with Crippen molar-refractivity contribution >= 4 is 11.8 Å². The van der Waals surface area contributed by atoms with Crippen LogP contribution in [0.15, 0.2) is 121 Å². The van der Waals surface area contributed by atoms with Crippen LogP contribution in [-0.2, 0) is 0 Å². The maximum absolute atomic E-state index is 13.4. The van der Waals surface area contributed by atoms with Gasteiger partial charge in [0.2, 0.25) is 0 Å². The Morgan fingerprint density at radius 3 is 1.30 bits per heavy atom. The molecule has 2 amide bonds. The first-order valence-corrected chi connectivity index (χ1v) is 24.7. The second-order valence-corrected chi connectivity index (χ2v) is 19.3. The summed E-state index contributed by atoms with van der Waals surface area (Å²) in [5, 5.41) is 0. The van der Waals surface area contributed by atoms with Gasteiger partial charge in [-0.05, 0) is 174 Å². The van der Waals surface area contributed by atoms with Crippen LogP contribution in [0.4, 0.5) is 8.78 Å². The van der Waals surface area contributed by atoms with Crippen LogP contribution in [0.1, 0.15) is 83.5 Å². The van der Waals surface area contributed by atoms with Crippen molar-refractivity contribution < 1.29 is 32.3 Å². The Morgan fingerprint density at radius 2 is 0.900 bits per heavy atom. The fourth-order valence-electron chi connectivity index (χ4n) is 10.6. The molecule has 0 radical (unpaired) electrons. The van der Waals surface area contributed by atoms with E-state index < -0.39 is 0 Å². The molecule has 0 aliphatic carbocycles. The van der Waals surface area contributed by atoms with Gasteiger partial charge in [0, 0.05) is 91.5 Å². The number of carbonyl (C=O) groups excluding carboxylic acids is 2. The molecule has 0 spiro atoms. The van der Waals surface area contributed by atoms with Gasteiger partial charge < -0.3 is 36.1 Å². The average molecular weight is 949 g/mol. The first-order chi connectivity index (χ1) is 33.4. The molecule has 12 heteroatoms. The van der Waals surface area contributed by atoms with Crippen molar-refractivity contribution in [1.82, 2.24) is 24.7 Å². The van der Waals surface area contributed by atoms with Gasteiger partial charge in [-0.3, -0.25) is 19.6 Å². The Bertz CT molecular complexity index is 2690. The number of pyridine rings is 2. The van der Waals surface area contributed by atoms with Crippen LogP contribution in [0.2, 0.25) is 0 Å². The smallest absolute Gasteiger partial charge is 0.254 e. The molecule has 70 heavy (non-hydrogen) atoms. The van der Waals surface area contributed by atoms with Crippen molar-refractivity contribution in [3.63, 3.8) is 0 Å². The van der Waals surface area contributed by atoms with E-state index in [0.717, 1.165) is 85.8 Å². The van der Waals surface area contributed by atoms with Gasteiger partial charge in [0.1, 0.15) is 34.6 Å². The third-order valence-corrected chi connectivity index (χ3v) is 14.4. The lowest BCUT2D eigenvalue weighted by Gasteiger charge is -2.42. The van der Waals surface area contributed by atoms with Gasteiger partial charge in [-0.15, -0.1) is 0 Å². The minimum atomic E-state index is -0.297. The molecule has 366 valence electrons. The SMILES string of the molecule is Cc1cc(C(=O)N2CCC(N3CCCC3)CC2)cc(-c2ccc(Oc3ccc(F)cc3)cc2)n1.Cc1cc(C(=O)N2CCC([N+]3(C)CCCC3)CC2)cc(-c2ccc(Oc3ccc(F)cc3)cc2)n1.[CH3-]. The third-order valence-electron chi connectivity index (χ3n) is 14.4. The number of hydrogen-bond donors (Lipinski definition) is 0. The van der Waals surface area contributed by atoms with E-state index in [-0.39, 0.29) is 30.9 Å². The van der Waals surface area contributed by atoms with Crippen LogP contribution < -0.4 is 9.47 Å². The first-order valence-electron chi connectivity index (χ1n) is 24.7. The highest BCUT2D eigenvalue weighted by atomic mass is 19.1. The molecular weight excluding hydrogens is 883 g/mol. The number of rotatable bonds is 10. The topological polar surface area (TPSA) is 88.1 Å². The lowest BCUT2D eigenvalue weighted by atomic mass is 10.00. The molecule has 10 rings (SSSR count). The van der Waals surface area contributed by atoms with E-state index >= 15 is 0 Å². The average Bonchev–Trinajstić information content (AvgIpc) is 4.09. The van der Waals surface area contributed by atoms with Gasteiger partial charge in [-0.1, -0.05) is 0 Å². The highest BCUT2D eigenvalue weighted by Gasteiger charge is 2.39. The van der Waals surface area contributed by atoms with E-state index in [1.165, 1.54) is 80.6 Å². The maximum Gasteiger partial charge on any atom is 0.254 e. The van der Waals surface area contributed by atoms with Crippen molar-refractivity contribution in [3.8, 4) is 45.5 Å². The van der Waals surface area contributed by atoms with E-state index in [4.69, 9.17) is 9.47 Å². The Hall–Kier alpha value is -6.50. The lowest BCUT2D eigenvalue weighted by molar-refractivity contribution is -0.923. The Balaban J connectivity index is 0.000000186. The molecule has 2 aromatic heterocycles. The number of benzene rings is 4. The van der Waals surface area contributed by atoms with E-state index in [1.807, 2.05) is 96.4 Å². The molecule has 0 bridgehead atoms. The minimum absolute atomic E-state index is 0. The Kier molecular flexibility index (Phi) is 16.0. The number of carbonyl (C=O) groups is 2. The molecule has 4 fully saturated rings. The van der Waals surface area contributed by atoms with Gasteiger partial charge in [0.05, 0.1) is 37.6 Å². The van der Waals surface area contributed by atoms with Gasteiger partial charge in [-0.2, -0.15) is 0 Å². The van der Waals surface area contributed by atoms with Crippen molar-refractivity contribution in [2.45, 2.75) is 77.3 Å². The molecule has 6 aromatic rings. The van der Waals surface area contributed by atoms with Crippen molar-refractivity contribution in [2.75, 3.05) is 59.4 Å². The summed E-state index contributed by atoms with van der Waals surface area (Å²) >= 11 is 0. The number of nitrogens with zero attached hydrogens (tertiary/aromatic N) is 6. The predicted molar refractivity (Wildman–Crippen MR) is 272 cm³/mol. The number of likely N-dealkylation sites (tertiary alicyclic amines) is 4. The van der Waals surface area contributed by atoms with Gasteiger partial charge in [0.15, 0.2) is 0 Å². The largest absolute Gasteiger partial charge is 0.457 e. The molecular formula is C58H66F2N6O4. The fourth-order valence-corrected chi connectivity index (χ4v) is 10.6. The number of halogens is 2. The second-order valence-electron chi connectivity index (χ2n) is 19.3. The quantitative estimate of drug-likeness (QED) is 0.0998. The molecule has 0 unspecified atom stereocenters. The molecule has 6 heterocycles. The number of aryl methyl sites for hydroxylation is 2. The normalized spacial score (nSPS) is 17.3. The van der Waals surface area contributed by atoms with Gasteiger partial charge >= 0.3 is 0 Å². The summed E-state index contributed by atoms with van der Waals surface area (Å²) in [6, 6.07) is 35.8. The minimum Gasteiger partial charge on any atom is -0.457 e. The summed E-state index contributed by atoms with van der Waals surface area (Å²) in [6.07, 6.45) is 9.52. The van der Waals surface area contributed by atoms with Crippen molar-refractivity contribution in [1.29, 1.82) is 0 Å². The Morgan fingerprint density at radius 1 is 0.529 bits per heavy atom. The van der Waals surface area contributed by atoms with Crippen LogP contribution >= 0.6 is 0 Å². The van der Waals surface area contributed by atoms with E-state index in [9.17, 15) is 18.4 Å². The van der Waals surface area contributed by atoms with E-state index in [2.05, 4.69) is 21.9 Å². The van der Waals surface area contributed by atoms with Crippen molar-refractivity contribution in [3.05, 3.63) is 163 Å². The van der Waals surface area contributed by atoms with Crippen LogP contribution in [0.3, 0.4) is 0 Å². The summed E-state index contributed by atoms with van der Waals surface area (Å²) in [4.78, 5) is 42.6. The number of piperidine rings is 2. The molecule has 4 aliphatic rings. The van der Waals surface area contributed by atoms with Crippen molar-refractivity contribution in [2.24, 2.45) is 0 Å². The Labute approximate surface area is 412 Å². The summed E-state index contributed by atoms with van der Waals surface area (Å²) in [5.41, 5.74) is 6.39. The zero-order valence-electron chi connectivity index (χ0n) is 41.1. The molecule has 0 saturated carbocycles. The highest BCUT2D eigenvalue weighted by Crippen LogP contribution is 2.31. The summed E-state index contributed by atoms with van der Waals surface area (Å²) in [5.74, 6) is 2.04. The zero-order chi connectivity index (χ0) is 47.9. The fraction of sp³-hybridized carbons (Fsp3) is 0.362. The predicted octanol–water partition coefficient (Wildman–Crippen LogP) is 12.0. The number of hydrogen-bond acceptors (Lipinski definition) is 7. The van der Waals surface area contributed by atoms with E-state index in [1.54, 1.807) is 24.3 Å². The molecule has 0 N–H and O–H groups in total. The monoisotopic (exact) mass is 949 g/mol. The summed E-state index contributed by atoms with van der Waals surface area (Å²) in [7, 11) is 2.39. The zero-order valence-corrected chi connectivity index (χ0v) is 41.1. The number of quaternary nitrogens is 1. The van der Waals surface area contributed by atoms with Gasteiger partial charge in [0.25, 0.3) is 11.8 Å². The van der Waals surface area contributed by atoms with Crippen LogP contribution in [0.5, 0.6) is 23.0 Å². The third kappa shape index (κ3) is 12.3.